The Morgan fingerprint density at radius 3 is 2.66 bits per heavy atom. The first-order valence-corrected chi connectivity index (χ1v) is 9.90. The third-order valence-electron chi connectivity index (χ3n) is 3.76. The molecule has 0 atom stereocenters. The van der Waals surface area contributed by atoms with Crippen molar-refractivity contribution in [3.05, 3.63) is 63.4 Å². The van der Waals surface area contributed by atoms with Gasteiger partial charge in [-0.2, -0.15) is 5.26 Å². The van der Waals surface area contributed by atoms with Gasteiger partial charge in [0.2, 0.25) is 0 Å². The van der Waals surface area contributed by atoms with E-state index >= 15 is 0 Å². The van der Waals surface area contributed by atoms with Crippen molar-refractivity contribution in [1.82, 2.24) is 5.32 Å². The summed E-state index contributed by atoms with van der Waals surface area (Å²) in [5.74, 6) is 0.0378. The molecule has 0 aliphatic rings. The Morgan fingerprint density at radius 1 is 1.31 bits per heavy atom. The van der Waals surface area contributed by atoms with Gasteiger partial charge >= 0.3 is 0 Å². The van der Waals surface area contributed by atoms with Crippen molar-refractivity contribution >= 4 is 27.9 Å². The Balaban J connectivity index is 2.34. The minimum atomic E-state index is -0.448. The molecule has 0 bridgehead atoms. The second-order valence-electron chi connectivity index (χ2n) is 6.44. The van der Waals surface area contributed by atoms with Crippen molar-refractivity contribution in [1.29, 1.82) is 5.26 Å². The van der Waals surface area contributed by atoms with E-state index in [-0.39, 0.29) is 24.0 Å². The van der Waals surface area contributed by atoms with Crippen LogP contribution in [0.4, 0.5) is 4.39 Å². The second kappa shape index (κ2) is 10.6. The fraction of sp³-hybridized carbons (Fsp3) is 0.273. The van der Waals surface area contributed by atoms with E-state index in [9.17, 15) is 14.4 Å². The Labute approximate surface area is 178 Å². The lowest BCUT2D eigenvalue weighted by Crippen LogP contribution is -2.30. The Bertz CT molecular complexity index is 952. The van der Waals surface area contributed by atoms with Gasteiger partial charge in [-0.15, -0.1) is 0 Å². The number of hydrogen-bond acceptors (Lipinski definition) is 4. The number of nitriles is 1. The smallest absolute Gasteiger partial charge is 0.262 e. The Morgan fingerprint density at radius 2 is 2.03 bits per heavy atom. The van der Waals surface area contributed by atoms with Gasteiger partial charge in [0.15, 0.2) is 11.5 Å². The number of benzene rings is 2. The average Bonchev–Trinajstić information content (AvgIpc) is 2.66. The van der Waals surface area contributed by atoms with Gasteiger partial charge in [0, 0.05) is 11.6 Å². The van der Waals surface area contributed by atoms with Crippen LogP contribution in [0.1, 0.15) is 31.9 Å². The maximum absolute atomic E-state index is 13.9. The van der Waals surface area contributed by atoms with E-state index in [0.717, 1.165) is 0 Å². The molecule has 0 fully saturated rings. The van der Waals surface area contributed by atoms with E-state index in [4.69, 9.17) is 9.47 Å². The molecule has 0 aliphatic heterocycles. The normalized spacial score (nSPS) is 11.1. The van der Waals surface area contributed by atoms with Crippen LogP contribution in [0, 0.1) is 17.1 Å². The summed E-state index contributed by atoms with van der Waals surface area (Å²) < 4.78 is 25.9. The largest absolute Gasteiger partial charge is 0.490 e. The maximum atomic E-state index is 13.9. The number of ether oxygens (including phenoxy) is 2. The van der Waals surface area contributed by atoms with Crippen LogP contribution in [0.25, 0.3) is 6.08 Å². The molecular formula is C22H22BrFN2O3. The summed E-state index contributed by atoms with van der Waals surface area (Å²) in [5, 5.41) is 12.0. The van der Waals surface area contributed by atoms with Crippen LogP contribution < -0.4 is 14.8 Å². The standard InChI is InChI=1S/C22H22BrFN2O3/c1-4-28-20-11-15(9-17(12-25)22(27)26-14(2)3)10-18(23)21(20)29-13-16-7-5-6-8-19(16)24/h5-11,14H,4,13H2,1-3H3,(H,26,27)/b17-9-. The van der Waals surface area contributed by atoms with Gasteiger partial charge in [0.05, 0.1) is 11.1 Å². The first-order valence-electron chi connectivity index (χ1n) is 9.10. The number of carbonyl (C=O) groups is 1. The number of carbonyl (C=O) groups excluding carboxylic acids is 1. The van der Waals surface area contributed by atoms with Crippen molar-refractivity contribution in [2.45, 2.75) is 33.4 Å². The molecule has 2 rings (SSSR count). The molecular weight excluding hydrogens is 439 g/mol. The Kier molecular flexibility index (Phi) is 8.22. The third kappa shape index (κ3) is 6.33. The van der Waals surface area contributed by atoms with Crippen LogP contribution in [0.2, 0.25) is 0 Å². The molecule has 0 saturated carbocycles. The molecule has 2 aromatic rings. The molecule has 1 amide bonds. The van der Waals surface area contributed by atoms with E-state index in [2.05, 4.69) is 21.2 Å². The molecule has 0 saturated heterocycles. The predicted octanol–water partition coefficient (Wildman–Crippen LogP) is 5.00. The zero-order chi connectivity index (χ0) is 21.4. The molecule has 0 heterocycles. The highest BCUT2D eigenvalue weighted by Gasteiger charge is 2.15. The first kappa shape index (κ1) is 22.4. The quantitative estimate of drug-likeness (QED) is 0.444. The zero-order valence-electron chi connectivity index (χ0n) is 16.5. The van der Waals surface area contributed by atoms with Crippen LogP contribution in [0.3, 0.4) is 0 Å². The van der Waals surface area contributed by atoms with E-state index in [1.54, 1.807) is 30.3 Å². The van der Waals surface area contributed by atoms with Crippen LogP contribution in [0.15, 0.2) is 46.4 Å². The highest BCUT2D eigenvalue weighted by molar-refractivity contribution is 9.10. The summed E-state index contributed by atoms with van der Waals surface area (Å²) in [7, 11) is 0. The molecule has 29 heavy (non-hydrogen) atoms. The number of halogens is 2. The average molecular weight is 461 g/mol. The lowest BCUT2D eigenvalue weighted by Gasteiger charge is -2.15. The predicted molar refractivity (Wildman–Crippen MR) is 113 cm³/mol. The molecule has 152 valence electrons. The van der Waals surface area contributed by atoms with Gasteiger partial charge in [-0.3, -0.25) is 4.79 Å². The van der Waals surface area contributed by atoms with Gasteiger partial charge in [0.25, 0.3) is 5.91 Å². The monoisotopic (exact) mass is 460 g/mol. The maximum Gasteiger partial charge on any atom is 0.262 e. The van der Waals surface area contributed by atoms with Gasteiger partial charge in [-0.05, 0) is 66.5 Å². The van der Waals surface area contributed by atoms with Crippen LogP contribution >= 0.6 is 15.9 Å². The molecule has 1 N–H and O–H groups in total. The van der Waals surface area contributed by atoms with Gasteiger partial charge in [-0.1, -0.05) is 18.2 Å². The highest BCUT2D eigenvalue weighted by Crippen LogP contribution is 2.38. The lowest BCUT2D eigenvalue weighted by molar-refractivity contribution is -0.117. The number of nitrogens with zero attached hydrogens (tertiary/aromatic N) is 1. The number of amides is 1. The van der Waals surface area contributed by atoms with Crippen LogP contribution in [-0.2, 0) is 11.4 Å². The van der Waals surface area contributed by atoms with Crippen molar-refractivity contribution in [2.24, 2.45) is 0 Å². The first-order chi connectivity index (χ1) is 13.8. The van der Waals surface area contributed by atoms with E-state index in [1.807, 2.05) is 26.8 Å². The second-order valence-corrected chi connectivity index (χ2v) is 7.30. The molecule has 5 nitrogen and oxygen atoms in total. The van der Waals surface area contributed by atoms with Crippen molar-refractivity contribution in [3.63, 3.8) is 0 Å². The molecule has 0 aromatic heterocycles. The fourth-order valence-corrected chi connectivity index (χ4v) is 3.07. The summed E-state index contributed by atoms with van der Waals surface area (Å²) in [6, 6.07) is 11.6. The van der Waals surface area contributed by atoms with E-state index in [0.29, 0.717) is 33.7 Å². The Hall–Kier alpha value is -2.85. The summed E-state index contributed by atoms with van der Waals surface area (Å²) in [4.78, 5) is 12.1. The summed E-state index contributed by atoms with van der Waals surface area (Å²) in [6.45, 7) is 5.87. The summed E-state index contributed by atoms with van der Waals surface area (Å²) in [6.07, 6.45) is 1.48. The summed E-state index contributed by atoms with van der Waals surface area (Å²) >= 11 is 3.44. The van der Waals surface area contributed by atoms with Crippen molar-refractivity contribution in [3.8, 4) is 17.6 Å². The number of hydrogen-bond donors (Lipinski definition) is 1. The van der Waals surface area contributed by atoms with Crippen molar-refractivity contribution in [2.75, 3.05) is 6.61 Å². The van der Waals surface area contributed by atoms with E-state index < -0.39 is 5.91 Å². The minimum Gasteiger partial charge on any atom is -0.490 e. The summed E-state index contributed by atoms with van der Waals surface area (Å²) in [5.41, 5.74) is 0.991. The molecule has 0 aliphatic carbocycles. The lowest BCUT2D eigenvalue weighted by atomic mass is 10.1. The topological polar surface area (TPSA) is 71.3 Å². The van der Waals surface area contributed by atoms with Crippen molar-refractivity contribution < 1.29 is 18.7 Å². The molecule has 2 aromatic carbocycles. The van der Waals surface area contributed by atoms with Gasteiger partial charge in [-0.25, -0.2) is 4.39 Å². The third-order valence-corrected chi connectivity index (χ3v) is 4.35. The fourth-order valence-electron chi connectivity index (χ4n) is 2.49. The molecule has 0 spiro atoms. The minimum absolute atomic E-state index is 0.0203. The number of nitrogens with one attached hydrogen (secondary N) is 1. The SMILES string of the molecule is CCOc1cc(/C=C(/C#N)C(=O)NC(C)C)cc(Br)c1OCc1ccccc1F. The number of rotatable bonds is 8. The van der Waals surface area contributed by atoms with Crippen LogP contribution in [0.5, 0.6) is 11.5 Å². The molecule has 7 heteroatoms. The molecule has 0 unspecified atom stereocenters. The molecule has 0 radical (unpaired) electrons. The highest BCUT2D eigenvalue weighted by atomic mass is 79.9. The van der Waals surface area contributed by atoms with Gasteiger partial charge < -0.3 is 14.8 Å². The van der Waals surface area contributed by atoms with E-state index in [1.165, 1.54) is 12.1 Å². The van der Waals surface area contributed by atoms with Gasteiger partial charge in [0.1, 0.15) is 24.1 Å². The van der Waals surface area contributed by atoms with Crippen LogP contribution in [-0.4, -0.2) is 18.6 Å². The zero-order valence-corrected chi connectivity index (χ0v) is 18.0.